The van der Waals surface area contributed by atoms with Gasteiger partial charge in [-0.3, -0.25) is 9.80 Å². The minimum atomic E-state index is -1.01. The molecule has 0 saturated carbocycles. The first-order valence-corrected chi connectivity index (χ1v) is 9.31. The van der Waals surface area contributed by atoms with Gasteiger partial charge in [0, 0.05) is 5.57 Å². The topological polar surface area (TPSA) is 57.2 Å². The number of rotatable bonds is 3. The van der Waals surface area contributed by atoms with Crippen LogP contribution in [0.5, 0.6) is 0 Å². The Balaban J connectivity index is 1.78. The average molecular weight is 356 g/mol. The van der Waals surface area contributed by atoms with Crippen molar-refractivity contribution < 1.29 is 4.79 Å². The van der Waals surface area contributed by atoms with Gasteiger partial charge in [0.15, 0.2) is 11.3 Å². The quantitative estimate of drug-likeness (QED) is 0.788. The molecule has 27 heavy (non-hydrogen) atoms. The fourth-order valence-electron chi connectivity index (χ4n) is 4.15. The molecule has 2 heterocycles. The lowest BCUT2D eigenvalue weighted by Crippen LogP contribution is -2.48. The number of hydrazone groups is 1. The minimum absolute atomic E-state index is 0.0217. The number of azo groups is 1. The Hall–Kier alpha value is -3.08. The summed E-state index contributed by atoms with van der Waals surface area (Å²) in [6, 6.07) is 19.7. The first-order chi connectivity index (χ1) is 13.2. The molecule has 1 saturated heterocycles. The zero-order chi connectivity index (χ0) is 18.4. The SMILES string of the molecule is CC1=C(c2ccccc2)C(=O)C2(c3ccccc3)N=NCC2/C1=N\N1CC1. The van der Waals surface area contributed by atoms with Crippen molar-refractivity contribution in [2.24, 2.45) is 21.2 Å². The lowest BCUT2D eigenvalue weighted by atomic mass is 9.65. The van der Waals surface area contributed by atoms with Crippen molar-refractivity contribution in [2.45, 2.75) is 12.5 Å². The highest BCUT2D eigenvalue weighted by Crippen LogP contribution is 2.49. The van der Waals surface area contributed by atoms with Crippen LogP contribution in [0.15, 0.2) is 81.6 Å². The molecule has 1 fully saturated rings. The van der Waals surface area contributed by atoms with Crippen LogP contribution in [0.2, 0.25) is 0 Å². The summed E-state index contributed by atoms with van der Waals surface area (Å²) < 4.78 is 0. The van der Waals surface area contributed by atoms with Gasteiger partial charge < -0.3 is 0 Å². The molecule has 5 rings (SSSR count). The highest BCUT2D eigenvalue weighted by Gasteiger charge is 2.57. The van der Waals surface area contributed by atoms with Crippen molar-refractivity contribution >= 4 is 17.1 Å². The Morgan fingerprint density at radius 2 is 1.70 bits per heavy atom. The Kier molecular flexibility index (Phi) is 3.57. The van der Waals surface area contributed by atoms with E-state index in [0.717, 1.165) is 35.5 Å². The summed E-state index contributed by atoms with van der Waals surface area (Å²) in [6.07, 6.45) is 0. The van der Waals surface area contributed by atoms with Gasteiger partial charge >= 0.3 is 0 Å². The molecule has 0 aromatic heterocycles. The van der Waals surface area contributed by atoms with Crippen molar-refractivity contribution in [1.29, 1.82) is 0 Å². The molecule has 2 atom stereocenters. The number of fused-ring (bicyclic) bond motifs is 1. The summed E-state index contributed by atoms with van der Waals surface area (Å²) in [5.74, 6) is -0.131. The van der Waals surface area contributed by atoms with Gasteiger partial charge in [-0.05, 0) is 23.6 Å². The van der Waals surface area contributed by atoms with Crippen LogP contribution in [0.4, 0.5) is 0 Å². The normalized spacial score (nSPS) is 28.0. The fourth-order valence-corrected chi connectivity index (χ4v) is 4.15. The van der Waals surface area contributed by atoms with Gasteiger partial charge in [-0.1, -0.05) is 60.7 Å². The second-order valence-corrected chi connectivity index (χ2v) is 7.24. The highest BCUT2D eigenvalue weighted by atomic mass is 16.1. The van der Waals surface area contributed by atoms with E-state index in [2.05, 4.69) is 10.2 Å². The summed E-state index contributed by atoms with van der Waals surface area (Å²) in [7, 11) is 0. The van der Waals surface area contributed by atoms with E-state index in [1.54, 1.807) is 0 Å². The molecule has 0 N–H and O–H groups in total. The average Bonchev–Trinajstić information content (AvgIpc) is 3.42. The number of carbonyl (C=O) groups is 1. The van der Waals surface area contributed by atoms with Crippen LogP contribution in [0.1, 0.15) is 18.1 Å². The second-order valence-electron chi connectivity index (χ2n) is 7.24. The van der Waals surface area contributed by atoms with Gasteiger partial charge in [0.05, 0.1) is 31.3 Å². The number of benzene rings is 2. The molecule has 134 valence electrons. The van der Waals surface area contributed by atoms with E-state index in [1.807, 2.05) is 72.6 Å². The summed E-state index contributed by atoms with van der Waals surface area (Å²) in [5.41, 5.74) is 3.38. The van der Waals surface area contributed by atoms with Gasteiger partial charge in [0.2, 0.25) is 0 Å². The highest BCUT2D eigenvalue weighted by molar-refractivity contribution is 6.35. The van der Waals surface area contributed by atoms with Gasteiger partial charge in [-0.15, -0.1) is 0 Å². The Bertz CT molecular complexity index is 989. The predicted octanol–water partition coefficient (Wildman–Crippen LogP) is 3.69. The maximum atomic E-state index is 13.9. The van der Waals surface area contributed by atoms with E-state index in [1.165, 1.54) is 0 Å². The molecule has 5 heteroatoms. The van der Waals surface area contributed by atoms with E-state index in [-0.39, 0.29) is 11.7 Å². The largest absolute Gasteiger partial charge is 0.293 e. The van der Waals surface area contributed by atoms with Crippen LogP contribution in [0, 0.1) is 5.92 Å². The smallest absolute Gasteiger partial charge is 0.198 e. The van der Waals surface area contributed by atoms with Crippen LogP contribution in [-0.4, -0.2) is 36.1 Å². The molecule has 0 radical (unpaired) electrons. The lowest BCUT2D eigenvalue weighted by molar-refractivity contribution is -0.119. The molecular formula is C22H20N4O. The van der Waals surface area contributed by atoms with E-state index in [4.69, 9.17) is 5.10 Å². The lowest BCUT2D eigenvalue weighted by Gasteiger charge is -2.37. The molecule has 2 unspecified atom stereocenters. The van der Waals surface area contributed by atoms with E-state index in [0.29, 0.717) is 12.1 Å². The molecule has 1 aliphatic carbocycles. The standard InChI is InChI=1S/C22H20N4O/c1-15-19(16-8-4-2-5-9-16)21(27)22(17-10-6-3-7-11-17)18(14-23-25-22)20(15)24-26-12-13-26/h2-11,18H,12-14H2,1H3/b24-20-. The van der Waals surface area contributed by atoms with E-state index >= 15 is 0 Å². The number of carbonyl (C=O) groups excluding carboxylic acids is 1. The van der Waals surface area contributed by atoms with Crippen LogP contribution in [-0.2, 0) is 10.3 Å². The molecule has 2 aromatic rings. The third-order valence-electron chi connectivity index (χ3n) is 5.61. The second kappa shape index (κ2) is 5.98. The van der Waals surface area contributed by atoms with Crippen molar-refractivity contribution in [1.82, 2.24) is 5.01 Å². The summed E-state index contributed by atoms with van der Waals surface area (Å²) in [4.78, 5) is 13.9. The molecule has 5 nitrogen and oxygen atoms in total. The van der Waals surface area contributed by atoms with Crippen LogP contribution < -0.4 is 0 Å². The molecule has 2 aliphatic heterocycles. The Labute approximate surface area is 158 Å². The summed E-state index contributed by atoms with van der Waals surface area (Å²) in [6.45, 7) is 4.43. The van der Waals surface area contributed by atoms with Crippen molar-refractivity contribution in [3.05, 3.63) is 77.4 Å². The molecule has 2 aromatic carbocycles. The number of hydrogen-bond acceptors (Lipinski definition) is 5. The van der Waals surface area contributed by atoms with Crippen molar-refractivity contribution in [3.8, 4) is 0 Å². The van der Waals surface area contributed by atoms with Gasteiger partial charge in [0.1, 0.15) is 0 Å². The maximum absolute atomic E-state index is 13.9. The predicted molar refractivity (Wildman–Crippen MR) is 104 cm³/mol. The summed E-state index contributed by atoms with van der Waals surface area (Å²) >= 11 is 0. The molecular weight excluding hydrogens is 336 g/mol. The fraction of sp³-hybridized carbons (Fsp3) is 0.273. The number of Topliss-reactive ketones (excluding diaryl/α,β-unsaturated/α-hetero) is 1. The van der Waals surface area contributed by atoms with Crippen LogP contribution in [0.25, 0.3) is 5.57 Å². The Morgan fingerprint density at radius 1 is 1.04 bits per heavy atom. The molecule has 3 aliphatic rings. The van der Waals surface area contributed by atoms with Crippen molar-refractivity contribution in [3.63, 3.8) is 0 Å². The number of allylic oxidation sites excluding steroid dienone is 1. The monoisotopic (exact) mass is 356 g/mol. The molecule has 0 bridgehead atoms. The van der Waals surface area contributed by atoms with Gasteiger partial charge in [0.25, 0.3) is 0 Å². The van der Waals surface area contributed by atoms with Gasteiger partial charge in [-0.2, -0.15) is 15.3 Å². The molecule has 0 amide bonds. The summed E-state index contributed by atoms with van der Waals surface area (Å²) in [5, 5.41) is 15.8. The first kappa shape index (κ1) is 16.1. The van der Waals surface area contributed by atoms with E-state index < -0.39 is 5.54 Å². The zero-order valence-corrected chi connectivity index (χ0v) is 15.2. The third kappa shape index (κ3) is 2.38. The van der Waals surface area contributed by atoms with Gasteiger partial charge in [-0.25, -0.2) is 0 Å². The van der Waals surface area contributed by atoms with E-state index in [9.17, 15) is 4.79 Å². The number of hydrogen-bond donors (Lipinski definition) is 0. The minimum Gasteiger partial charge on any atom is -0.293 e. The first-order valence-electron chi connectivity index (χ1n) is 9.31. The number of nitrogens with zero attached hydrogens (tertiary/aromatic N) is 4. The third-order valence-corrected chi connectivity index (χ3v) is 5.61. The van der Waals surface area contributed by atoms with Crippen molar-refractivity contribution in [2.75, 3.05) is 19.6 Å². The van der Waals surface area contributed by atoms with Crippen LogP contribution in [0.3, 0.4) is 0 Å². The zero-order valence-electron chi connectivity index (χ0n) is 15.2. The maximum Gasteiger partial charge on any atom is 0.198 e. The Morgan fingerprint density at radius 3 is 2.37 bits per heavy atom. The molecule has 0 spiro atoms. The number of ketones is 1. The van der Waals surface area contributed by atoms with Crippen LogP contribution >= 0.6 is 0 Å².